The average molecular weight is 631 g/mol. The number of hydrogen-bond acceptors (Lipinski definition) is 0. The van der Waals surface area contributed by atoms with E-state index in [1.807, 2.05) is 0 Å². The zero-order valence-electron chi connectivity index (χ0n) is 2.65. The maximum atomic E-state index is 3.36. The molecular formula is Br6Eu. The fraction of sp³-hybridized carbons (Fsp3) is 0. The van der Waals surface area contributed by atoms with Crippen LogP contribution in [0.15, 0.2) is 0 Å². The second-order valence-electron chi connectivity index (χ2n) is 0.810. The third kappa shape index (κ3) is 37.6. The second-order valence-corrected chi connectivity index (χ2v) is 162. The summed E-state index contributed by atoms with van der Waals surface area (Å²) in [6.07, 6.45) is 0. The topological polar surface area (TPSA) is 0 Å². The van der Waals surface area contributed by atoms with Crippen molar-refractivity contribution in [3.8, 4) is 0 Å². The van der Waals surface area contributed by atoms with E-state index in [0.29, 0.717) is 0 Å². The quantitative estimate of drug-likeness (QED) is 0.351. The van der Waals surface area contributed by atoms with E-state index in [-0.39, 0.29) is 0 Å². The molecule has 0 rings (SSSR count). The van der Waals surface area contributed by atoms with Crippen LogP contribution in [0.25, 0.3) is 0 Å². The summed E-state index contributed by atoms with van der Waals surface area (Å²) in [7, 11) is 20.2. The number of halogens is 6. The fourth-order valence-corrected chi connectivity index (χ4v) is 0. The van der Waals surface area contributed by atoms with Crippen molar-refractivity contribution in [2.24, 2.45) is 0 Å². The van der Waals surface area contributed by atoms with Crippen LogP contribution in [-0.2, 0) is 0 Å². The Morgan fingerprint density at radius 1 is 0.571 bits per heavy atom. The van der Waals surface area contributed by atoms with E-state index < -0.39 is 14.5 Å². The van der Waals surface area contributed by atoms with Gasteiger partial charge in [0.25, 0.3) is 0 Å². The minimum atomic E-state index is -3.38. The molecule has 0 saturated carbocycles. The van der Waals surface area contributed by atoms with Gasteiger partial charge in [-0.3, -0.25) is 0 Å². The van der Waals surface area contributed by atoms with Crippen LogP contribution in [0, 0.1) is 14.5 Å². The summed E-state index contributed by atoms with van der Waals surface area (Å²) >= 11 is -3.38. The third-order valence-corrected chi connectivity index (χ3v) is 0. The predicted octanol–water partition coefficient (Wildman–Crippen LogP) is 5.07. The molecule has 0 unspecified atom stereocenters. The molecule has 0 fully saturated rings. The molecule has 0 radical (unpaired) electrons. The molecule has 0 aromatic rings. The zero-order chi connectivity index (χ0) is 6.41. The summed E-state index contributed by atoms with van der Waals surface area (Å²) < 4.78 is 0. The molecule has 0 aliphatic carbocycles. The summed E-state index contributed by atoms with van der Waals surface area (Å²) in [5.41, 5.74) is 0. The third-order valence-electron chi connectivity index (χ3n) is 0. The minimum absolute atomic E-state index is 3.36. The molecule has 0 nitrogen and oxygen atoms in total. The van der Waals surface area contributed by atoms with Crippen molar-refractivity contribution in [3.05, 3.63) is 0 Å². The van der Waals surface area contributed by atoms with E-state index in [2.05, 4.69) is 42.4 Å². The molecule has 0 aromatic carbocycles. The first kappa shape index (κ1) is 11.5. The molecule has 0 aromatic heterocycles. The summed E-state index contributed by atoms with van der Waals surface area (Å²) in [5.74, 6) is 0. The molecule has 0 bridgehead atoms. The Bertz CT molecular complexity index is 62.7. The van der Waals surface area contributed by atoms with Gasteiger partial charge in [-0.25, -0.2) is 0 Å². The van der Waals surface area contributed by atoms with Gasteiger partial charge in [0.05, 0.1) is 0 Å². The van der Waals surface area contributed by atoms with Crippen LogP contribution in [0.3, 0.4) is 0 Å². The van der Waals surface area contributed by atoms with Gasteiger partial charge in [0.2, 0.25) is 0 Å². The fourth-order valence-electron chi connectivity index (χ4n) is 0. The zero-order valence-corrected chi connectivity index (χ0v) is 14.6. The van der Waals surface area contributed by atoms with Crippen LogP contribution >= 0.6 is 42.4 Å². The van der Waals surface area contributed by atoms with E-state index >= 15 is 0 Å². The van der Waals surface area contributed by atoms with Crippen molar-refractivity contribution in [2.45, 2.75) is 0 Å². The van der Waals surface area contributed by atoms with Crippen LogP contribution in [0.4, 0.5) is 0 Å². The molecule has 7 heteroatoms. The normalized spacial score (nSPS) is 23.1. The standard InChI is InChI=1S/6BrH.Eu/h6*1H;/q;;;;;;+6/p-6. The number of hydrogen-bond donors (Lipinski definition) is 0. The molecule has 7 heavy (non-hydrogen) atoms. The van der Waals surface area contributed by atoms with Crippen molar-refractivity contribution in [1.82, 2.24) is 0 Å². The van der Waals surface area contributed by atoms with E-state index in [4.69, 9.17) is 0 Å². The Hall–Kier alpha value is 4.46. The molecule has 49 valence electrons. The summed E-state index contributed by atoms with van der Waals surface area (Å²) in [4.78, 5) is 0. The Morgan fingerprint density at radius 3 is 0.571 bits per heavy atom. The van der Waals surface area contributed by atoms with Crippen molar-refractivity contribution in [3.63, 3.8) is 0 Å². The Kier molecular flexibility index (Phi) is 4.05. The van der Waals surface area contributed by atoms with Crippen LogP contribution < -0.4 is 0 Å². The summed E-state index contributed by atoms with van der Waals surface area (Å²) in [6, 6.07) is 0. The molecule has 0 N–H and O–H groups in total. The first-order valence-corrected chi connectivity index (χ1v) is 33.0. The van der Waals surface area contributed by atoms with Crippen LogP contribution in [0.2, 0.25) is 0 Å². The second kappa shape index (κ2) is 2.47. The summed E-state index contributed by atoms with van der Waals surface area (Å²) in [5, 5.41) is 0. The van der Waals surface area contributed by atoms with E-state index in [0.717, 1.165) is 0 Å². The van der Waals surface area contributed by atoms with E-state index in [1.54, 1.807) is 0 Å². The molecule has 0 saturated heterocycles. The Labute approximate surface area is 53.1 Å². The monoisotopic (exact) mass is 626 g/mol. The average Bonchev–Trinajstić information content (AvgIpc) is 0.592. The maximum absolute atomic E-state index is 3.38. The van der Waals surface area contributed by atoms with Crippen LogP contribution in [-0.4, -0.2) is 0 Å². The van der Waals surface area contributed by atoms with Crippen molar-refractivity contribution in [1.29, 1.82) is 0 Å². The van der Waals surface area contributed by atoms with Crippen molar-refractivity contribution < 1.29 is 14.5 Å². The van der Waals surface area contributed by atoms with Gasteiger partial charge >= 0.3 is 56.8 Å². The molecule has 0 spiro atoms. The van der Waals surface area contributed by atoms with Gasteiger partial charge in [-0.2, -0.15) is 0 Å². The van der Waals surface area contributed by atoms with Crippen LogP contribution in [0.1, 0.15) is 0 Å². The van der Waals surface area contributed by atoms with Gasteiger partial charge in [-0.1, -0.05) is 0 Å². The molecule has 0 atom stereocenters. The van der Waals surface area contributed by atoms with Gasteiger partial charge in [-0.05, 0) is 0 Å². The molecular weight excluding hydrogens is 631 g/mol. The SMILES string of the molecule is [Br][Eu]([Br])([Br])([Br])([Br])[Br]. The molecule has 0 amide bonds. The van der Waals surface area contributed by atoms with Crippen molar-refractivity contribution in [2.75, 3.05) is 0 Å². The molecule has 0 aliphatic rings. The van der Waals surface area contributed by atoms with Crippen molar-refractivity contribution >= 4 is 42.4 Å². The summed E-state index contributed by atoms with van der Waals surface area (Å²) in [6.45, 7) is 0. The van der Waals surface area contributed by atoms with Crippen LogP contribution in [0.5, 0.6) is 0 Å². The number of rotatable bonds is 0. The van der Waals surface area contributed by atoms with Gasteiger partial charge in [0.15, 0.2) is 0 Å². The molecule has 0 heterocycles. The van der Waals surface area contributed by atoms with Gasteiger partial charge in [0.1, 0.15) is 0 Å². The first-order valence-electron chi connectivity index (χ1n) is 0.857. The van der Waals surface area contributed by atoms with E-state index in [1.165, 1.54) is 0 Å². The van der Waals surface area contributed by atoms with Gasteiger partial charge in [-0.15, -0.1) is 0 Å². The van der Waals surface area contributed by atoms with Gasteiger partial charge < -0.3 is 0 Å². The molecule has 0 aliphatic heterocycles. The first-order chi connectivity index (χ1) is 2.45. The predicted molar refractivity (Wildman–Crippen MR) is 53.6 cm³/mol. The Balaban J connectivity index is 4.43. The van der Waals surface area contributed by atoms with E-state index in [9.17, 15) is 0 Å². The Morgan fingerprint density at radius 2 is 0.571 bits per heavy atom. The van der Waals surface area contributed by atoms with Gasteiger partial charge in [0, 0.05) is 0 Å².